The van der Waals surface area contributed by atoms with Crippen molar-refractivity contribution in [2.45, 2.75) is 25.5 Å². The van der Waals surface area contributed by atoms with E-state index in [1.807, 2.05) is 25.9 Å². The van der Waals surface area contributed by atoms with E-state index in [0.717, 1.165) is 0 Å². The number of rotatable bonds is 7. The fraction of sp³-hybridized carbons (Fsp3) is 0.400. The second-order valence-electron chi connectivity index (χ2n) is 4.98. The molecule has 1 aromatic rings. The molecule has 0 aliphatic rings. The number of carbonyl (C=O) groups excluding carboxylic acids is 1. The van der Waals surface area contributed by atoms with Crippen LogP contribution < -0.4 is 0 Å². The number of nitro benzene ring substituents is 1. The van der Waals surface area contributed by atoms with E-state index in [9.17, 15) is 14.9 Å². The Kier molecular flexibility index (Phi) is 6.05. The Bertz CT molecular complexity index is 511. The van der Waals surface area contributed by atoms with Crippen LogP contribution in [-0.4, -0.2) is 42.0 Å². The lowest BCUT2D eigenvalue weighted by Crippen LogP contribution is -2.39. The largest absolute Gasteiger partial charge is 0.457 e. The van der Waals surface area contributed by atoms with Crippen molar-refractivity contribution in [1.29, 1.82) is 0 Å². The fourth-order valence-electron chi connectivity index (χ4n) is 1.77. The van der Waals surface area contributed by atoms with Gasteiger partial charge in [-0.1, -0.05) is 6.08 Å². The normalized spacial score (nSPS) is 13.5. The number of nitrogens with zero attached hydrogens (tertiary/aromatic N) is 2. The van der Waals surface area contributed by atoms with Gasteiger partial charge in [-0.15, -0.1) is 6.58 Å². The van der Waals surface area contributed by atoms with Crippen LogP contribution >= 0.6 is 0 Å². The van der Waals surface area contributed by atoms with Crippen molar-refractivity contribution in [1.82, 2.24) is 4.90 Å². The summed E-state index contributed by atoms with van der Waals surface area (Å²) in [4.78, 5) is 24.1. The summed E-state index contributed by atoms with van der Waals surface area (Å²) in [5, 5.41) is 10.6. The molecule has 0 bridgehead atoms. The first kappa shape index (κ1) is 16.8. The summed E-state index contributed by atoms with van der Waals surface area (Å²) >= 11 is 0. The summed E-state index contributed by atoms with van der Waals surface area (Å²) < 4.78 is 5.48. The molecule has 1 aromatic carbocycles. The maximum Gasteiger partial charge on any atom is 0.338 e. The third kappa shape index (κ3) is 4.68. The third-order valence-corrected chi connectivity index (χ3v) is 3.32. The molecule has 0 amide bonds. The lowest BCUT2D eigenvalue weighted by molar-refractivity contribution is -0.384. The van der Waals surface area contributed by atoms with Crippen LogP contribution in [0.25, 0.3) is 0 Å². The Labute approximate surface area is 124 Å². The van der Waals surface area contributed by atoms with Crippen molar-refractivity contribution in [3.8, 4) is 0 Å². The minimum Gasteiger partial charge on any atom is -0.457 e. The molecule has 0 saturated heterocycles. The number of non-ortho nitro benzene ring substituents is 1. The molecule has 0 heterocycles. The van der Waals surface area contributed by atoms with Gasteiger partial charge in [0.15, 0.2) is 0 Å². The SMILES string of the molecule is C=CC[C@H](OC(=O)c1ccc([N+](=O)[O-])cc1)[C@@H](C)N(C)C. The van der Waals surface area contributed by atoms with E-state index in [-0.39, 0.29) is 17.8 Å². The lowest BCUT2D eigenvalue weighted by atomic mass is 10.1. The Hall–Kier alpha value is -2.21. The Balaban J connectivity index is 2.81. The monoisotopic (exact) mass is 292 g/mol. The van der Waals surface area contributed by atoms with Crippen LogP contribution in [0.3, 0.4) is 0 Å². The first-order valence-corrected chi connectivity index (χ1v) is 6.59. The van der Waals surface area contributed by atoms with Gasteiger partial charge < -0.3 is 9.64 Å². The predicted octanol–water partition coefficient (Wildman–Crippen LogP) is 2.65. The molecule has 114 valence electrons. The van der Waals surface area contributed by atoms with Crippen molar-refractivity contribution < 1.29 is 14.5 Å². The van der Waals surface area contributed by atoms with Crippen LogP contribution in [0.1, 0.15) is 23.7 Å². The molecular formula is C15H20N2O4. The average Bonchev–Trinajstić information content (AvgIpc) is 2.45. The fourth-order valence-corrected chi connectivity index (χ4v) is 1.77. The molecule has 0 spiro atoms. The van der Waals surface area contributed by atoms with Gasteiger partial charge in [-0.25, -0.2) is 4.79 Å². The van der Waals surface area contributed by atoms with E-state index in [4.69, 9.17) is 4.74 Å². The highest BCUT2D eigenvalue weighted by Crippen LogP contribution is 2.16. The highest BCUT2D eigenvalue weighted by molar-refractivity contribution is 5.89. The van der Waals surface area contributed by atoms with Crippen LogP contribution in [0.4, 0.5) is 5.69 Å². The van der Waals surface area contributed by atoms with Crippen LogP contribution in [-0.2, 0) is 4.74 Å². The first-order valence-electron chi connectivity index (χ1n) is 6.59. The molecule has 6 heteroatoms. The summed E-state index contributed by atoms with van der Waals surface area (Å²) in [6.07, 6.45) is 1.92. The molecule has 0 unspecified atom stereocenters. The van der Waals surface area contributed by atoms with E-state index in [0.29, 0.717) is 12.0 Å². The maximum absolute atomic E-state index is 12.1. The van der Waals surface area contributed by atoms with E-state index < -0.39 is 10.9 Å². The second kappa shape index (κ2) is 7.54. The topological polar surface area (TPSA) is 72.7 Å². The van der Waals surface area contributed by atoms with Gasteiger partial charge in [-0.2, -0.15) is 0 Å². The number of esters is 1. The van der Waals surface area contributed by atoms with Crippen molar-refractivity contribution in [2.75, 3.05) is 14.1 Å². The summed E-state index contributed by atoms with van der Waals surface area (Å²) in [6.45, 7) is 5.62. The molecule has 0 aliphatic carbocycles. The quantitative estimate of drug-likeness (QED) is 0.334. The average molecular weight is 292 g/mol. The zero-order chi connectivity index (χ0) is 16.0. The smallest absolute Gasteiger partial charge is 0.338 e. The van der Waals surface area contributed by atoms with Gasteiger partial charge in [0, 0.05) is 24.6 Å². The molecule has 6 nitrogen and oxygen atoms in total. The van der Waals surface area contributed by atoms with Gasteiger partial charge >= 0.3 is 5.97 Å². The maximum atomic E-state index is 12.1. The summed E-state index contributed by atoms with van der Waals surface area (Å²) in [5.74, 6) is -0.495. The number of carbonyl (C=O) groups is 1. The Morgan fingerprint density at radius 2 is 2.00 bits per heavy atom. The van der Waals surface area contributed by atoms with Crippen molar-refractivity contribution in [3.05, 3.63) is 52.6 Å². The Morgan fingerprint density at radius 1 is 1.43 bits per heavy atom. The zero-order valence-corrected chi connectivity index (χ0v) is 12.5. The molecule has 0 aliphatic heterocycles. The molecule has 0 N–H and O–H groups in total. The van der Waals surface area contributed by atoms with E-state index in [1.54, 1.807) is 6.08 Å². The summed E-state index contributed by atoms with van der Waals surface area (Å²) in [7, 11) is 3.81. The zero-order valence-electron chi connectivity index (χ0n) is 12.5. The minimum absolute atomic E-state index is 0.0324. The van der Waals surface area contributed by atoms with Gasteiger partial charge in [0.25, 0.3) is 5.69 Å². The molecule has 21 heavy (non-hydrogen) atoms. The highest BCUT2D eigenvalue weighted by atomic mass is 16.6. The van der Waals surface area contributed by atoms with Gasteiger partial charge in [-0.3, -0.25) is 10.1 Å². The number of hydrogen-bond donors (Lipinski definition) is 0. The standard InChI is InChI=1S/C15H20N2O4/c1-5-6-14(11(2)16(3)4)21-15(18)12-7-9-13(10-8-12)17(19)20/h5,7-11,14H,1,6H2,2-4H3/t11-,14+/m1/s1. The van der Waals surface area contributed by atoms with Crippen molar-refractivity contribution in [3.63, 3.8) is 0 Å². The predicted molar refractivity (Wildman–Crippen MR) is 80.3 cm³/mol. The third-order valence-electron chi connectivity index (χ3n) is 3.32. The van der Waals surface area contributed by atoms with Crippen LogP contribution in [0, 0.1) is 10.1 Å². The molecular weight excluding hydrogens is 272 g/mol. The minimum atomic E-state index is -0.510. The van der Waals surface area contributed by atoms with E-state index in [1.165, 1.54) is 24.3 Å². The number of hydrogen-bond acceptors (Lipinski definition) is 5. The van der Waals surface area contributed by atoms with Crippen molar-refractivity contribution >= 4 is 11.7 Å². The number of ether oxygens (including phenoxy) is 1. The second-order valence-corrected chi connectivity index (χ2v) is 4.98. The number of likely N-dealkylation sites (N-methyl/N-ethyl adjacent to an activating group) is 1. The van der Waals surface area contributed by atoms with Crippen molar-refractivity contribution in [2.24, 2.45) is 0 Å². The Morgan fingerprint density at radius 3 is 2.43 bits per heavy atom. The number of nitro groups is 1. The highest BCUT2D eigenvalue weighted by Gasteiger charge is 2.23. The van der Waals surface area contributed by atoms with E-state index in [2.05, 4.69) is 6.58 Å². The molecule has 0 saturated carbocycles. The van der Waals surface area contributed by atoms with Gasteiger partial charge in [-0.05, 0) is 33.2 Å². The van der Waals surface area contributed by atoms with Crippen LogP contribution in [0.5, 0.6) is 0 Å². The lowest BCUT2D eigenvalue weighted by Gasteiger charge is -2.28. The van der Waals surface area contributed by atoms with Gasteiger partial charge in [0.2, 0.25) is 0 Å². The molecule has 0 fully saturated rings. The van der Waals surface area contributed by atoms with Gasteiger partial charge in [0.1, 0.15) is 6.10 Å². The summed E-state index contributed by atoms with van der Waals surface area (Å²) in [6, 6.07) is 5.39. The molecule has 1 rings (SSSR count). The molecule has 2 atom stereocenters. The van der Waals surface area contributed by atoms with Crippen LogP contribution in [0.2, 0.25) is 0 Å². The number of benzene rings is 1. The summed E-state index contributed by atoms with van der Waals surface area (Å²) in [5.41, 5.74) is 0.233. The van der Waals surface area contributed by atoms with Gasteiger partial charge in [0.05, 0.1) is 10.5 Å². The molecule has 0 aromatic heterocycles. The van der Waals surface area contributed by atoms with E-state index >= 15 is 0 Å². The molecule has 0 radical (unpaired) electrons. The first-order chi connectivity index (χ1) is 9.86. The van der Waals surface area contributed by atoms with Crippen LogP contribution in [0.15, 0.2) is 36.9 Å².